The highest BCUT2D eigenvalue weighted by atomic mass is 32.1. The van der Waals surface area contributed by atoms with Crippen molar-refractivity contribution < 1.29 is 23.6 Å². The lowest BCUT2D eigenvalue weighted by Gasteiger charge is -2.24. The maximum Gasteiger partial charge on any atom is 0.322 e. The quantitative estimate of drug-likeness (QED) is 0.752. The summed E-state index contributed by atoms with van der Waals surface area (Å²) in [6.07, 6.45) is 1.48. The van der Waals surface area contributed by atoms with E-state index in [1.165, 1.54) is 24.3 Å². The Bertz CT molecular complexity index is 877. The maximum absolute atomic E-state index is 14.3. The van der Waals surface area contributed by atoms with Crippen LogP contribution in [0.5, 0.6) is 5.06 Å². The fourth-order valence-corrected chi connectivity index (χ4v) is 4.29. The second-order valence-electron chi connectivity index (χ2n) is 6.91. The average Bonchev–Trinajstić information content (AvgIpc) is 3.40. The van der Waals surface area contributed by atoms with Crippen LogP contribution < -0.4 is 4.74 Å². The van der Waals surface area contributed by atoms with E-state index in [1.54, 1.807) is 23.3 Å². The Labute approximate surface area is 160 Å². The lowest BCUT2D eigenvalue weighted by atomic mass is 10.0. The Morgan fingerprint density at radius 3 is 2.78 bits per heavy atom. The van der Waals surface area contributed by atoms with Crippen molar-refractivity contribution in [2.75, 3.05) is 6.54 Å². The van der Waals surface area contributed by atoms with E-state index < -0.39 is 11.9 Å². The summed E-state index contributed by atoms with van der Waals surface area (Å²) in [6, 6.07) is 8.14. The number of carbonyl (C=O) groups excluding carboxylic acids is 2. The zero-order valence-corrected chi connectivity index (χ0v) is 15.8. The van der Waals surface area contributed by atoms with Gasteiger partial charge in [-0.15, -0.1) is 16.4 Å². The minimum Gasteiger partial charge on any atom is -0.468 e. The maximum atomic E-state index is 14.3. The number of ketones is 1. The SMILES string of the molecule is CC(=O)ON1CCc2sc(OC(C(=O)C3CC3)c3ccccc3F)cc2C1. The molecule has 0 saturated heterocycles. The van der Waals surface area contributed by atoms with Crippen molar-refractivity contribution in [2.45, 2.75) is 38.8 Å². The summed E-state index contributed by atoms with van der Waals surface area (Å²) in [4.78, 5) is 30.2. The van der Waals surface area contributed by atoms with E-state index in [9.17, 15) is 14.0 Å². The number of ether oxygens (including phenoxy) is 1. The fourth-order valence-electron chi connectivity index (χ4n) is 3.26. The third-order valence-electron chi connectivity index (χ3n) is 4.73. The number of hydroxylamine groups is 2. The molecule has 1 aliphatic heterocycles. The van der Waals surface area contributed by atoms with Gasteiger partial charge in [0.15, 0.2) is 17.0 Å². The molecule has 1 aromatic heterocycles. The van der Waals surface area contributed by atoms with Gasteiger partial charge in [0.1, 0.15) is 5.82 Å². The lowest BCUT2D eigenvalue weighted by molar-refractivity contribution is -0.192. The van der Waals surface area contributed by atoms with Crippen molar-refractivity contribution in [3.63, 3.8) is 0 Å². The Balaban J connectivity index is 1.56. The van der Waals surface area contributed by atoms with Crippen molar-refractivity contribution in [1.29, 1.82) is 0 Å². The molecular formula is C20H20FNO4S. The number of benzene rings is 1. The first-order chi connectivity index (χ1) is 13.0. The van der Waals surface area contributed by atoms with Crippen LogP contribution in [0.4, 0.5) is 4.39 Å². The van der Waals surface area contributed by atoms with E-state index in [0.717, 1.165) is 29.7 Å². The summed E-state index contributed by atoms with van der Waals surface area (Å²) in [5.41, 5.74) is 1.29. The van der Waals surface area contributed by atoms with Crippen LogP contribution in [-0.2, 0) is 27.4 Å². The van der Waals surface area contributed by atoms with Gasteiger partial charge in [-0.05, 0) is 37.0 Å². The first-order valence-corrected chi connectivity index (χ1v) is 9.83. The van der Waals surface area contributed by atoms with E-state index in [1.807, 2.05) is 6.07 Å². The smallest absolute Gasteiger partial charge is 0.322 e. The highest BCUT2D eigenvalue weighted by Crippen LogP contribution is 2.40. The topological polar surface area (TPSA) is 55.8 Å². The van der Waals surface area contributed by atoms with Crippen molar-refractivity contribution in [2.24, 2.45) is 5.92 Å². The van der Waals surface area contributed by atoms with Crippen molar-refractivity contribution in [1.82, 2.24) is 5.06 Å². The third kappa shape index (κ3) is 4.04. The van der Waals surface area contributed by atoms with Gasteiger partial charge < -0.3 is 9.57 Å². The Hall–Kier alpha value is -2.25. The van der Waals surface area contributed by atoms with Gasteiger partial charge >= 0.3 is 5.97 Å². The number of hydrogen-bond acceptors (Lipinski definition) is 6. The van der Waals surface area contributed by atoms with E-state index in [4.69, 9.17) is 9.57 Å². The molecule has 1 aromatic carbocycles. The zero-order valence-electron chi connectivity index (χ0n) is 14.9. The number of rotatable bonds is 6. The van der Waals surface area contributed by atoms with Gasteiger partial charge in [-0.25, -0.2) is 4.39 Å². The van der Waals surface area contributed by atoms with Crippen molar-refractivity contribution in [3.8, 4) is 5.06 Å². The van der Waals surface area contributed by atoms with Gasteiger partial charge in [-0.2, -0.15) is 0 Å². The van der Waals surface area contributed by atoms with Crippen LogP contribution in [0, 0.1) is 11.7 Å². The monoisotopic (exact) mass is 389 g/mol. The van der Waals surface area contributed by atoms with Crippen molar-refractivity contribution >= 4 is 23.1 Å². The van der Waals surface area contributed by atoms with Crippen LogP contribution in [0.2, 0.25) is 0 Å². The van der Waals surface area contributed by atoms with Crippen LogP contribution in [0.1, 0.15) is 41.9 Å². The Morgan fingerprint density at radius 2 is 2.07 bits per heavy atom. The minimum atomic E-state index is -0.927. The highest BCUT2D eigenvalue weighted by Gasteiger charge is 2.38. The minimum absolute atomic E-state index is 0.0383. The number of carbonyl (C=O) groups is 2. The van der Waals surface area contributed by atoms with Crippen LogP contribution >= 0.6 is 11.3 Å². The molecule has 1 atom stereocenters. The second kappa shape index (κ2) is 7.40. The molecule has 27 heavy (non-hydrogen) atoms. The molecule has 1 aliphatic carbocycles. The van der Waals surface area contributed by atoms with Crippen LogP contribution in [-0.4, -0.2) is 23.4 Å². The molecule has 0 amide bonds. The molecule has 2 heterocycles. The van der Waals surface area contributed by atoms with Gasteiger partial charge in [-0.3, -0.25) is 9.59 Å². The summed E-state index contributed by atoms with van der Waals surface area (Å²) >= 11 is 1.47. The van der Waals surface area contributed by atoms with Gasteiger partial charge in [0, 0.05) is 29.8 Å². The first kappa shape index (κ1) is 18.1. The van der Waals surface area contributed by atoms with Crippen LogP contribution in [0.3, 0.4) is 0 Å². The Morgan fingerprint density at radius 1 is 1.30 bits per heavy atom. The van der Waals surface area contributed by atoms with Gasteiger partial charge in [0.05, 0.1) is 6.54 Å². The number of fused-ring (bicyclic) bond motifs is 1. The van der Waals surface area contributed by atoms with Gasteiger partial charge in [-0.1, -0.05) is 18.2 Å². The average molecular weight is 389 g/mol. The standard InChI is InChI=1S/C20H20FNO4S/c1-12(23)26-22-9-8-17-14(11-22)10-18(27-17)25-20(19(24)13-6-7-13)15-4-2-3-5-16(15)21/h2-5,10,13,20H,6-9,11H2,1H3. The molecule has 0 bridgehead atoms. The predicted octanol–water partition coefficient (Wildman–Crippen LogP) is 3.82. The fraction of sp³-hybridized carbons (Fsp3) is 0.400. The first-order valence-electron chi connectivity index (χ1n) is 9.01. The normalized spacial score (nSPS) is 17.9. The molecule has 1 saturated carbocycles. The van der Waals surface area contributed by atoms with Gasteiger partial charge in [0.25, 0.3) is 0 Å². The molecular weight excluding hydrogens is 369 g/mol. The van der Waals surface area contributed by atoms with Crippen LogP contribution in [0.25, 0.3) is 0 Å². The molecule has 5 nitrogen and oxygen atoms in total. The number of hydrogen-bond donors (Lipinski definition) is 0. The summed E-state index contributed by atoms with van der Waals surface area (Å²) in [7, 11) is 0. The number of thiophene rings is 1. The zero-order chi connectivity index (χ0) is 19.0. The van der Waals surface area contributed by atoms with E-state index in [0.29, 0.717) is 18.2 Å². The summed E-state index contributed by atoms with van der Waals surface area (Å²) < 4.78 is 20.3. The summed E-state index contributed by atoms with van der Waals surface area (Å²) in [5, 5.41) is 2.21. The van der Waals surface area contributed by atoms with Crippen LogP contribution in [0.15, 0.2) is 30.3 Å². The van der Waals surface area contributed by atoms with E-state index >= 15 is 0 Å². The van der Waals surface area contributed by atoms with Crippen molar-refractivity contribution in [3.05, 3.63) is 52.2 Å². The molecule has 7 heteroatoms. The molecule has 1 unspecified atom stereocenters. The van der Waals surface area contributed by atoms with E-state index in [2.05, 4.69) is 0 Å². The second-order valence-corrected chi connectivity index (χ2v) is 8.01. The molecule has 2 aliphatic rings. The number of Topliss-reactive ketones (excluding diaryl/α,β-unsaturated/α-hetero) is 1. The summed E-state index contributed by atoms with van der Waals surface area (Å²) in [5.74, 6) is -0.879. The molecule has 2 aromatic rings. The largest absolute Gasteiger partial charge is 0.468 e. The molecule has 0 N–H and O–H groups in total. The third-order valence-corrected chi connectivity index (χ3v) is 5.85. The van der Waals surface area contributed by atoms with Gasteiger partial charge in [0.2, 0.25) is 0 Å². The molecule has 0 radical (unpaired) electrons. The molecule has 0 spiro atoms. The number of halogens is 1. The predicted molar refractivity (Wildman–Crippen MR) is 97.7 cm³/mol. The van der Waals surface area contributed by atoms with E-state index in [-0.39, 0.29) is 23.2 Å². The molecule has 1 fully saturated rings. The highest BCUT2D eigenvalue weighted by molar-refractivity contribution is 7.14. The summed E-state index contributed by atoms with van der Waals surface area (Å²) in [6.45, 7) is 2.47. The lowest BCUT2D eigenvalue weighted by Crippen LogP contribution is -2.31. The molecule has 142 valence electrons. The molecule has 4 rings (SSSR count). The number of nitrogens with zero attached hydrogens (tertiary/aromatic N) is 1. The Kier molecular flexibility index (Phi) is 4.97.